The fraction of sp³-hybridized carbons (Fsp3) is 0.946. The normalized spacial score (nSPS) is 12.0. The Morgan fingerprint density at radius 3 is 0.790 bits per heavy atom. The summed E-state index contributed by atoms with van der Waals surface area (Å²) in [6, 6.07) is 0. The molecule has 6 nitrogen and oxygen atoms in total. The van der Waals surface area contributed by atoms with Crippen LogP contribution in [-0.4, -0.2) is 37.2 Å². The monoisotopic (exact) mass is 877 g/mol. The summed E-state index contributed by atoms with van der Waals surface area (Å²) >= 11 is 0. The largest absolute Gasteiger partial charge is 0.462 e. The van der Waals surface area contributed by atoms with E-state index < -0.39 is 6.10 Å². The molecule has 0 amide bonds. The van der Waals surface area contributed by atoms with Crippen LogP contribution in [0, 0.1) is 11.8 Å². The van der Waals surface area contributed by atoms with Gasteiger partial charge in [-0.25, -0.2) is 0 Å². The van der Waals surface area contributed by atoms with Gasteiger partial charge in [-0.15, -0.1) is 0 Å². The fourth-order valence-corrected chi connectivity index (χ4v) is 8.52. The van der Waals surface area contributed by atoms with Gasteiger partial charge in [0.2, 0.25) is 0 Å². The molecule has 0 saturated carbocycles. The molecule has 0 fully saturated rings. The third-order valence-electron chi connectivity index (χ3n) is 12.7. The molecule has 0 heterocycles. The molecule has 0 spiro atoms. The highest BCUT2D eigenvalue weighted by atomic mass is 16.6. The van der Waals surface area contributed by atoms with Gasteiger partial charge in [0.25, 0.3) is 0 Å². The molecule has 368 valence electrons. The molecular weight excluding hydrogens is 769 g/mol. The first-order valence-electron chi connectivity index (χ1n) is 27.7. The van der Waals surface area contributed by atoms with Crippen molar-refractivity contribution in [1.82, 2.24) is 0 Å². The van der Waals surface area contributed by atoms with Gasteiger partial charge in [0.1, 0.15) is 13.2 Å². The summed E-state index contributed by atoms with van der Waals surface area (Å²) in [5.41, 5.74) is 0. The molecule has 0 aliphatic carbocycles. The minimum absolute atomic E-state index is 0.0631. The Morgan fingerprint density at radius 1 is 0.306 bits per heavy atom. The number of rotatable bonds is 50. The number of ether oxygens (including phenoxy) is 3. The van der Waals surface area contributed by atoms with E-state index >= 15 is 0 Å². The molecule has 0 saturated heterocycles. The Labute approximate surface area is 387 Å². The maximum absolute atomic E-state index is 12.8. The Hall–Kier alpha value is -1.59. The maximum Gasteiger partial charge on any atom is 0.306 e. The smallest absolute Gasteiger partial charge is 0.306 e. The minimum Gasteiger partial charge on any atom is -0.462 e. The molecule has 0 aliphatic heterocycles. The van der Waals surface area contributed by atoms with Crippen molar-refractivity contribution in [1.29, 1.82) is 0 Å². The number of carbonyl (C=O) groups excluding carboxylic acids is 3. The summed E-state index contributed by atoms with van der Waals surface area (Å²) in [5.74, 6) is 0.809. The fourth-order valence-electron chi connectivity index (χ4n) is 8.52. The van der Waals surface area contributed by atoms with Crippen molar-refractivity contribution in [2.24, 2.45) is 11.8 Å². The lowest BCUT2D eigenvalue weighted by Gasteiger charge is -2.18. The highest BCUT2D eigenvalue weighted by Crippen LogP contribution is 2.18. The van der Waals surface area contributed by atoms with Crippen LogP contribution < -0.4 is 0 Å². The van der Waals surface area contributed by atoms with Crippen LogP contribution >= 0.6 is 0 Å². The van der Waals surface area contributed by atoms with Crippen LogP contribution in [0.4, 0.5) is 0 Å². The molecule has 62 heavy (non-hydrogen) atoms. The Bertz CT molecular complexity index is 947. The lowest BCUT2D eigenvalue weighted by molar-refractivity contribution is -0.167. The molecule has 0 unspecified atom stereocenters. The number of unbranched alkanes of at least 4 members (excludes halogenated alkanes) is 35. The van der Waals surface area contributed by atoms with Crippen LogP contribution in [-0.2, 0) is 28.6 Å². The highest BCUT2D eigenvalue weighted by Gasteiger charge is 2.19. The van der Waals surface area contributed by atoms with Crippen molar-refractivity contribution in [3.8, 4) is 0 Å². The quantitative estimate of drug-likeness (QED) is 0.0344. The molecule has 0 aliphatic rings. The standard InChI is InChI=1S/C56H108O6/c1-6-7-8-9-10-11-12-13-14-15-16-21-26-31-36-41-46-54(57)60-49-53(62-56(59)48-43-38-33-28-23-18-20-25-30-35-40-45-52(4)5)50-61-55(58)47-42-37-32-27-22-17-19-24-29-34-39-44-51(2)3/h51-53H,6-50H2,1-5H3/t53-/m1/s1. The average Bonchev–Trinajstić information content (AvgIpc) is 3.24. The molecule has 0 radical (unpaired) electrons. The number of esters is 3. The molecule has 0 rings (SSSR count). The van der Waals surface area contributed by atoms with Gasteiger partial charge in [-0.1, -0.05) is 272 Å². The second kappa shape index (κ2) is 48.9. The van der Waals surface area contributed by atoms with Gasteiger partial charge >= 0.3 is 17.9 Å². The first-order chi connectivity index (χ1) is 30.2. The van der Waals surface area contributed by atoms with E-state index in [9.17, 15) is 14.4 Å². The van der Waals surface area contributed by atoms with E-state index in [-0.39, 0.29) is 31.1 Å². The average molecular weight is 877 g/mol. The Kier molecular flexibility index (Phi) is 47.6. The van der Waals surface area contributed by atoms with E-state index in [1.807, 2.05) is 0 Å². The summed E-state index contributed by atoms with van der Waals surface area (Å²) in [5, 5.41) is 0. The zero-order chi connectivity index (χ0) is 45.4. The molecule has 0 N–H and O–H groups in total. The summed E-state index contributed by atoms with van der Waals surface area (Å²) < 4.78 is 16.9. The Morgan fingerprint density at radius 2 is 0.532 bits per heavy atom. The second-order valence-electron chi connectivity index (χ2n) is 20.2. The van der Waals surface area contributed by atoms with Gasteiger partial charge in [-0.3, -0.25) is 14.4 Å². The zero-order valence-corrected chi connectivity index (χ0v) is 42.5. The zero-order valence-electron chi connectivity index (χ0n) is 42.5. The highest BCUT2D eigenvalue weighted by molar-refractivity contribution is 5.71. The summed E-state index contributed by atoms with van der Waals surface area (Å²) in [7, 11) is 0. The first-order valence-corrected chi connectivity index (χ1v) is 27.7. The van der Waals surface area contributed by atoms with Crippen molar-refractivity contribution in [2.45, 2.75) is 317 Å². The first kappa shape index (κ1) is 60.4. The van der Waals surface area contributed by atoms with Crippen molar-refractivity contribution >= 4 is 17.9 Å². The van der Waals surface area contributed by atoms with E-state index in [0.29, 0.717) is 19.3 Å². The van der Waals surface area contributed by atoms with Crippen molar-refractivity contribution in [3.05, 3.63) is 0 Å². The third kappa shape index (κ3) is 49.4. The Balaban J connectivity index is 4.31. The molecule has 6 heteroatoms. The van der Waals surface area contributed by atoms with Gasteiger partial charge in [-0.2, -0.15) is 0 Å². The predicted molar refractivity (Wildman–Crippen MR) is 266 cm³/mol. The topological polar surface area (TPSA) is 78.9 Å². The van der Waals surface area contributed by atoms with Crippen LogP contribution in [0.1, 0.15) is 311 Å². The van der Waals surface area contributed by atoms with Crippen LogP contribution in [0.15, 0.2) is 0 Å². The molecule has 0 aromatic carbocycles. The molecule has 1 atom stereocenters. The van der Waals surface area contributed by atoms with Crippen molar-refractivity contribution < 1.29 is 28.6 Å². The van der Waals surface area contributed by atoms with Gasteiger partial charge in [0, 0.05) is 19.3 Å². The van der Waals surface area contributed by atoms with Crippen LogP contribution in [0.3, 0.4) is 0 Å². The summed E-state index contributed by atoms with van der Waals surface area (Å²) in [4.78, 5) is 38.1. The van der Waals surface area contributed by atoms with Gasteiger partial charge in [0.05, 0.1) is 0 Å². The number of hydrogen-bond donors (Lipinski definition) is 0. The van der Waals surface area contributed by atoms with Crippen LogP contribution in [0.25, 0.3) is 0 Å². The SMILES string of the molecule is CCCCCCCCCCCCCCCCCCC(=O)OC[C@H](COC(=O)CCCCCCCCCCCCCC(C)C)OC(=O)CCCCCCCCCCCCCC(C)C. The van der Waals surface area contributed by atoms with E-state index in [1.165, 1.54) is 199 Å². The van der Waals surface area contributed by atoms with Crippen molar-refractivity contribution in [3.63, 3.8) is 0 Å². The predicted octanol–water partition coefficient (Wildman–Crippen LogP) is 18.1. The van der Waals surface area contributed by atoms with E-state index in [2.05, 4.69) is 34.6 Å². The molecule has 0 aromatic heterocycles. The van der Waals surface area contributed by atoms with E-state index in [0.717, 1.165) is 69.6 Å². The third-order valence-corrected chi connectivity index (χ3v) is 12.7. The maximum atomic E-state index is 12.8. The van der Waals surface area contributed by atoms with Crippen LogP contribution in [0.5, 0.6) is 0 Å². The van der Waals surface area contributed by atoms with Crippen LogP contribution in [0.2, 0.25) is 0 Å². The summed E-state index contributed by atoms with van der Waals surface area (Å²) in [6.45, 7) is 11.4. The molecule has 0 bridgehead atoms. The lowest BCUT2D eigenvalue weighted by Crippen LogP contribution is -2.30. The van der Waals surface area contributed by atoms with Gasteiger partial charge < -0.3 is 14.2 Å². The van der Waals surface area contributed by atoms with Crippen molar-refractivity contribution in [2.75, 3.05) is 13.2 Å². The second-order valence-corrected chi connectivity index (χ2v) is 20.2. The van der Waals surface area contributed by atoms with Gasteiger partial charge in [0.15, 0.2) is 6.10 Å². The number of hydrogen-bond acceptors (Lipinski definition) is 6. The summed E-state index contributed by atoms with van der Waals surface area (Å²) in [6.07, 6.45) is 50.9. The van der Waals surface area contributed by atoms with E-state index in [1.54, 1.807) is 0 Å². The number of carbonyl (C=O) groups is 3. The van der Waals surface area contributed by atoms with E-state index in [4.69, 9.17) is 14.2 Å². The van der Waals surface area contributed by atoms with Gasteiger partial charge in [-0.05, 0) is 31.1 Å². The lowest BCUT2D eigenvalue weighted by atomic mass is 10.0. The molecule has 0 aromatic rings. The minimum atomic E-state index is -0.762. The molecular formula is C56H108O6.